The fourth-order valence-corrected chi connectivity index (χ4v) is 2.20. The molecule has 0 radical (unpaired) electrons. The molecule has 0 saturated carbocycles. The third kappa shape index (κ3) is 3.96. The van der Waals surface area contributed by atoms with Crippen molar-refractivity contribution >= 4 is 28.9 Å². The van der Waals surface area contributed by atoms with Crippen LogP contribution in [0, 0.1) is 5.82 Å². The smallest absolute Gasteiger partial charge is 0.257 e. The molecule has 0 heterocycles. The Balaban J connectivity index is 2.08. The van der Waals surface area contributed by atoms with Gasteiger partial charge < -0.3 is 15.3 Å². The molecule has 2 aromatic carbocycles. The van der Waals surface area contributed by atoms with Crippen molar-refractivity contribution < 1.29 is 14.3 Å². The van der Waals surface area contributed by atoms with Crippen LogP contribution in [0.4, 0.5) is 15.8 Å². The Hall–Kier alpha value is -2.11. The molecule has 116 valence electrons. The largest absolute Gasteiger partial charge is 0.395 e. The molecule has 6 heteroatoms. The molecule has 0 aliphatic carbocycles. The molecule has 2 rings (SSSR count). The topological polar surface area (TPSA) is 52.6 Å². The van der Waals surface area contributed by atoms with E-state index < -0.39 is 11.7 Å². The van der Waals surface area contributed by atoms with Crippen LogP contribution < -0.4 is 10.2 Å². The van der Waals surface area contributed by atoms with Gasteiger partial charge in [-0.3, -0.25) is 4.79 Å². The summed E-state index contributed by atoms with van der Waals surface area (Å²) in [6, 6.07) is 10.8. The highest BCUT2D eigenvalue weighted by Gasteiger charge is 2.11. The van der Waals surface area contributed by atoms with Gasteiger partial charge in [-0.2, -0.15) is 0 Å². The maximum atomic E-state index is 13.0. The number of rotatable bonds is 5. The third-order valence-electron chi connectivity index (χ3n) is 3.18. The number of anilines is 2. The molecule has 2 aromatic rings. The molecule has 0 atom stereocenters. The lowest BCUT2D eigenvalue weighted by Gasteiger charge is -2.18. The fraction of sp³-hybridized carbons (Fsp3) is 0.188. The van der Waals surface area contributed by atoms with Crippen molar-refractivity contribution in [2.24, 2.45) is 0 Å². The molecule has 0 bridgehead atoms. The van der Waals surface area contributed by atoms with Crippen molar-refractivity contribution in [1.82, 2.24) is 0 Å². The number of hydrogen-bond acceptors (Lipinski definition) is 3. The van der Waals surface area contributed by atoms with E-state index in [0.717, 1.165) is 11.8 Å². The maximum absolute atomic E-state index is 13.0. The molecule has 0 aliphatic rings. The quantitative estimate of drug-likeness (QED) is 0.889. The number of aliphatic hydroxyl groups is 1. The second-order valence-electron chi connectivity index (χ2n) is 4.77. The van der Waals surface area contributed by atoms with Gasteiger partial charge in [-0.15, -0.1) is 0 Å². The van der Waals surface area contributed by atoms with Crippen LogP contribution in [0.15, 0.2) is 42.5 Å². The standard InChI is InChI=1S/C16H16ClFN2O2/c1-20(8-9-21)13-5-3-12(4-6-13)19-16(22)14-7-2-11(18)10-15(14)17/h2-7,10,21H,8-9H2,1H3,(H,19,22). The first kappa shape index (κ1) is 16.3. The van der Waals surface area contributed by atoms with Gasteiger partial charge in [0, 0.05) is 25.0 Å². The number of carbonyl (C=O) groups excluding carboxylic acids is 1. The minimum absolute atomic E-state index is 0.0665. The SMILES string of the molecule is CN(CCO)c1ccc(NC(=O)c2ccc(F)cc2Cl)cc1. The molecule has 2 N–H and O–H groups in total. The minimum atomic E-state index is -0.488. The lowest BCUT2D eigenvalue weighted by atomic mass is 10.2. The molecular weight excluding hydrogens is 307 g/mol. The van der Waals surface area contributed by atoms with Gasteiger partial charge in [-0.05, 0) is 42.5 Å². The summed E-state index contributed by atoms with van der Waals surface area (Å²) < 4.78 is 13.0. The highest BCUT2D eigenvalue weighted by atomic mass is 35.5. The van der Waals surface area contributed by atoms with Crippen LogP contribution in [0.2, 0.25) is 5.02 Å². The minimum Gasteiger partial charge on any atom is -0.395 e. The van der Waals surface area contributed by atoms with E-state index in [0.29, 0.717) is 12.2 Å². The zero-order valence-electron chi connectivity index (χ0n) is 12.0. The van der Waals surface area contributed by atoms with E-state index in [-0.39, 0.29) is 17.2 Å². The number of hydrogen-bond donors (Lipinski definition) is 2. The molecule has 0 aliphatic heterocycles. The highest BCUT2D eigenvalue weighted by Crippen LogP contribution is 2.20. The number of amides is 1. The second kappa shape index (κ2) is 7.24. The number of likely N-dealkylation sites (N-methyl/N-ethyl adjacent to an activating group) is 1. The lowest BCUT2D eigenvalue weighted by molar-refractivity contribution is 0.102. The van der Waals surface area contributed by atoms with E-state index in [9.17, 15) is 9.18 Å². The summed E-state index contributed by atoms with van der Waals surface area (Å²) in [5.41, 5.74) is 1.74. The Kier molecular flexibility index (Phi) is 5.35. The maximum Gasteiger partial charge on any atom is 0.257 e. The summed E-state index contributed by atoms with van der Waals surface area (Å²) in [7, 11) is 1.86. The normalized spacial score (nSPS) is 10.4. The Morgan fingerprint density at radius 3 is 2.55 bits per heavy atom. The highest BCUT2D eigenvalue weighted by molar-refractivity contribution is 6.34. The van der Waals surface area contributed by atoms with Crippen LogP contribution in [0.3, 0.4) is 0 Å². The van der Waals surface area contributed by atoms with E-state index in [1.165, 1.54) is 12.1 Å². The predicted octanol–water partition coefficient (Wildman–Crippen LogP) is 3.16. The van der Waals surface area contributed by atoms with E-state index in [4.69, 9.17) is 16.7 Å². The van der Waals surface area contributed by atoms with Crippen molar-refractivity contribution in [3.8, 4) is 0 Å². The van der Waals surface area contributed by atoms with Crippen molar-refractivity contribution in [3.63, 3.8) is 0 Å². The molecule has 0 saturated heterocycles. The molecule has 4 nitrogen and oxygen atoms in total. The Morgan fingerprint density at radius 2 is 1.95 bits per heavy atom. The van der Waals surface area contributed by atoms with Gasteiger partial charge in [-0.25, -0.2) is 4.39 Å². The summed E-state index contributed by atoms with van der Waals surface area (Å²) in [6.07, 6.45) is 0. The van der Waals surface area contributed by atoms with Crippen LogP contribution in [0.1, 0.15) is 10.4 Å². The van der Waals surface area contributed by atoms with Gasteiger partial charge in [0.2, 0.25) is 0 Å². The van der Waals surface area contributed by atoms with Crippen LogP contribution in [-0.2, 0) is 0 Å². The number of nitrogens with zero attached hydrogens (tertiary/aromatic N) is 1. The Morgan fingerprint density at radius 1 is 1.27 bits per heavy atom. The number of carbonyl (C=O) groups is 1. The number of aliphatic hydroxyl groups excluding tert-OH is 1. The van der Waals surface area contributed by atoms with E-state index in [1.54, 1.807) is 12.1 Å². The van der Waals surface area contributed by atoms with Crippen molar-refractivity contribution in [2.75, 3.05) is 30.4 Å². The first-order chi connectivity index (χ1) is 10.5. The van der Waals surface area contributed by atoms with Gasteiger partial charge >= 0.3 is 0 Å². The summed E-state index contributed by atoms with van der Waals surface area (Å²) in [4.78, 5) is 14.0. The van der Waals surface area contributed by atoms with Crippen LogP contribution in [0.25, 0.3) is 0 Å². The molecular formula is C16H16ClFN2O2. The van der Waals surface area contributed by atoms with Crippen molar-refractivity contribution in [3.05, 3.63) is 58.9 Å². The molecule has 0 fully saturated rings. The van der Waals surface area contributed by atoms with Gasteiger partial charge in [-0.1, -0.05) is 11.6 Å². The third-order valence-corrected chi connectivity index (χ3v) is 3.49. The second-order valence-corrected chi connectivity index (χ2v) is 5.18. The molecule has 1 amide bonds. The van der Waals surface area contributed by atoms with Gasteiger partial charge in [0.25, 0.3) is 5.91 Å². The molecule has 0 spiro atoms. The predicted molar refractivity (Wildman–Crippen MR) is 86.2 cm³/mol. The van der Waals surface area contributed by atoms with Gasteiger partial charge in [0.05, 0.1) is 17.2 Å². The number of nitrogens with one attached hydrogen (secondary N) is 1. The molecule has 22 heavy (non-hydrogen) atoms. The lowest BCUT2D eigenvalue weighted by Crippen LogP contribution is -2.21. The zero-order chi connectivity index (χ0) is 16.1. The van der Waals surface area contributed by atoms with Gasteiger partial charge in [0.1, 0.15) is 5.82 Å². The zero-order valence-corrected chi connectivity index (χ0v) is 12.8. The van der Waals surface area contributed by atoms with Crippen molar-refractivity contribution in [1.29, 1.82) is 0 Å². The number of halogens is 2. The summed E-state index contributed by atoms with van der Waals surface area (Å²) >= 11 is 5.86. The molecule has 0 unspecified atom stereocenters. The van der Waals surface area contributed by atoms with E-state index in [1.807, 2.05) is 24.1 Å². The van der Waals surface area contributed by atoms with Crippen LogP contribution >= 0.6 is 11.6 Å². The first-order valence-corrected chi connectivity index (χ1v) is 7.07. The Labute approximate surface area is 133 Å². The summed E-state index contributed by atoms with van der Waals surface area (Å²) in [6.45, 7) is 0.592. The average Bonchev–Trinajstić information content (AvgIpc) is 2.48. The summed E-state index contributed by atoms with van der Waals surface area (Å²) in [5, 5.41) is 11.7. The Bertz CT molecular complexity index is 662. The van der Waals surface area contributed by atoms with Crippen LogP contribution in [0.5, 0.6) is 0 Å². The van der Waals surface area contributed by atoms with E-state index in [2.05, 4.69) is 5.32 Å². The van der Waals surface area contributed by atoms with Crippen LogP contribution in [-0.4, -0.2) is 31.2 Å². The monoisotopic (exact) mass is 322 g/mol. The molecule has 0 aromatic heterocycles. The average molecular weight is 323 g/mol. The van der Waals surface area contributed by atoms with Gasteiger partial charge in [0.15, 0.2) is 0 Å². The van der Waals surface area contributed by atoms with E-state index >= 15 is 0 Å². The summed E-state index contributed by atoms with van der Waals surface area (Å²) in [5.74, 6) is -0.890. The first-order valence-electron chi connectivity index (χ1n) is 6.69. The number of benzene rings is 2. The van der Waals surface area contributed by atoms with Crippen molar-refractivity contribution in [2.45, 2.75) is 0 Å². The fourth-order valence-electron chi connectivity index (χ4n) is 1.95.